The van der Waals surface area contributed by atoms with Gasteiger partial charge in [-0.15, -0.1) is 0 Å². The van der Waals surface area contributed by atoms with E-state index in [1.54, 1.807) is 7.11 Å². The Balaban J connectivity index is 1.74. The van der Waals surface area contributed by atoms with Crippen molar-refractivity contribution in [2.45, 2.75) is 18.9 Å². The molecule has 7 nitrogen and oxygen atoms in total. The van der Waals surface area contributed by atoms with Crippen LogP contribution in [-0.2, 0) is 16.0 Å². The van der Waals surface area contributed by atoms with Crippen LogP contribution in [0.2, 0.25) is 0 Å². The fourth-order valence-corrected chi connectivity index (χ4v) is 1.99. The van der Waals surface area contributed by atoms with E-state index < -0.39 is 18.0 Å². The summed E-state index contributed by atoms with van der Waals surface area (Å²) in [5, 5.41) is 7.15. The quantitative estimate of drug-likeness (QED) is 0.640. The van der Waals surface area contributed by atoms with E-state index in [9.17, 15) is 14.4 Å². The predicted molar refractivity (Wildman–Crippen MR) is 74.8 cm³/mol. The van der Waals surface area contributed by atoms with Crippen molar-refractivity contribution in [3.05, 3.63) is 29.8 Å². The molecule has 1 fully saturated rings. The number of aryl methyl sites for hydroxylation is 1. The molecule has 0 radical (unpaired) electrons. The van der Waals surface area contributed by atoms with E-state index in [0.717, 1.165) is 11.3 Å². The first-order valence-corrected chi connectivity index (χ1v) is 6.59. The number of carbonyl (C=O) groups excluding carboxylic acids is 3. The summed E-state index contributed by atoms with van der Waals surface area (Å²) in [6.07, 6.45) is 0.877. The predicted octanol–water partition coefficient (Wildman–Crippen LogP) is -0.0480. The molecule has 1 atom stereocenters. The zero-order valence-electron chi connectivity index (χ0n) is 11.6. The molecule has 1 aromatic carbocycles. The average molecular weight is 291 g/mol. The van der Waals surface area contributed by atoms with Gasteiger partial charge in [0.15, 0.2) is 0 Å². The summed E-state index contributed by atoms with van der Waals surface area (Å²) in [6, 6.07) is 6.27. The van der Waals surface area contributed by atoms with E-state index >= 15 is 0 Å². The van der Waals surface area contributed by atoms with Crippen molar-refractivity contribution in [1.29, 1.82) is 0 Å². The molecular weight excluding hydrogens is 274 g/mol. The van der Waals surface area contributed by atoms with Crippen molar-refractivity contribution in [2.75, 3.05) is 13.7 Å². The third-order valence-electron chi connectivity index (χ3n) is 3.14. The summed E-state index contributed by atoms with van der Waals surface area (Å²) in [5.74, 6) is 0.151. The van der Waals surface area contributed by atoms with Crippen molar-refractivity contribution in [1.82, 2.24) is 16.0 Å². The molecule has 0 saturated carbocycles. The third-order valence-corrected chi connectivity index (χ3v) is 3.14. The van der Waals surface area contributed by atoms with Crippen LogP contribution < -0.4 is 20.7 Å². The largest absolute Gasteiger partial charge is 0.497 e. The number of nitrogens with one attached hydrogen (secondary N) is 3. The molecule has 1 aliphatic rings. The van der Waals surface area contributed by atoms with Gasteiger partial charge in [0.25, 0.3) is 5.91 Å². The lowest BCUT2D eigenvalue weighted by molar-refractivity contribution is -0.122. The number of methoxy groups -OCH3 is 1. The number of ether oxygens (including phenoxy) is 1. The molecule has 21 heavy (non-hydrogen) atoms. The van der Waals surface area contributed by atoms with E-state index in [4.69, 9.17) is 4.74 Å². The maximum atomic E-state index is 11.7. The number of urea groups is 1. The van der Waals surface area contributed by atoms with E-state index in [1.807, 2.05) is 24.3 Å². The normalized spacial score (nSPS) is 17.1. The smallest absolute Gasteiger partial charge is 0.322 e. The summed E-state index contributed by atoms with van der Waals surface area (Å²) in [6.45, 7) is 0.0918. The van der Waals surface area contributed by atoms with Crippen LogP contribution in [0.25, 0.3) is 0 Å². The molecule has 112 valence electrons. The van der Waals surface area contributed by atoms with E-state index in [1.165, 1.54) is 0 Å². The van der Waals surface area contributed by atoms with Gasteiger partial charge in [-0.3, -0.25) is 14.9 Å². The highest BCUT2D eigenvalue weighted by Gasteiger charge is 2.29. The number of hydrogen-bond acceptors (Lipinski definition) is 4. The van der Waals surface area contributed by atoms with Gasteiger partial charge in [0.1, 0.15) is 11.8 Å². The number of hydrogen-bond donors (Lipinski definition) is 3. The maximum absolute atomic E-state index is 11.7. The summed E-state index contributed by atoms with van der Waals surface area (Å²) in [7, 11) is 1.59. The Labute approximate surface area is 122 Å². The molecule has 0 bridgehead atoms. The van der Waals surface area contributed by atoms with E-state index in [2.05, 4.69) is 16.0 Å². The van der Waals surface area contributed by atoms with Crippen LogP contribution in [0.1, 0.15) is 12.0 Å². The van der Waals surface area contributed by atoms with Crippen molar-refractivity contribution in [3.63, 3.8) is 0 Å². The van der Waals surface area contributed by atoms with Gasteiger partial charge in [0.2, 0.25) is 5.91 Å². The van der Waals surface area contributed by atoms with E-state index in [0.29, 0.717) is 12.8 Å². The minimum Gasteiger partial charge on any atom is -0.497 e. The molecule has 1 heterocycles. The fraction of sp³-hybridized carbons (Fsp3) is 0.357. The standard InChI is InChI=1S/C14H17N3O4/c1-21-10-4-2-3-9(7-10)5-6-12(18)15-8-11-13(19)17-14(20)16-11/h2-4,7,11H,5-6,8H2,1H3,(H,15,18)(H2,16,17,19,20). The summed E-state index contributed by atoms with van der Waals surface area (Å²) in [5.41, 5.74) is 0.997. The van der Waals surface area contributed by atoms with Crippen LogP contribution in [0.3, 0.4) is 0 Å². The molecule has 0 aliphatic carbocycles. The lowest BCUT2D eigenvalue weighted by Crippen LogP contribution is -2.41. The molecule has 0 spiro atoms. The molecule has 4 amide bonds. The summed E-state index contributed by atoms with van der Waals surface area (Å²) < 4.78 is 5.11. The third kappa shape index (κ3) is 4.20. The maximum Gasteiger partial charge on any atom is 0.322 e. The zero-order chi connectivity index (χ0) is 15.2. The molecule has 1 unspecified atom stereocenters. The highest BCUT2D eigenvalue weighted by molar-refractivity contribution is 6.04. The SMILES string of the molecule is COc1cccc(CCC(=O)NCC2NC(=O)NC2=O)c1. The van der Waals surface area contributed by atoms with E-state index in [-0.39, 0.29) is 12.5 Å². The Hall–Kier alpha value is -2.57. The average Bonchev–Trinajstić information content (AvgIpc) is 2.81. The van der Waals surface area contributed by atoms with Gasteiger partial charge in [0, 0.05) is 13.0 Å². The molecular formula is C14H17N3O4. The van der Waals surface area contributed by atoms with Crippen LogP contribution in [0.4, 0.5) is 4.79 Å². The highest BCUT2D eigenvalue weighted by Crippen LogP contribution is 2.13. The molecule has 2 rings (SSSR count). The van der Waals surface area contributed by atoms with Crippen LogP contribution in [0, 0.1) is 0 Å². The Morgan fingerprint density at radius 3 is 2.86 bits per heavy atom. The highest BCUT2D eigenvalue weighted by atomic mass is 16.5. The van der Waals surface area contributed by atoms with Crippen molar-refractivity contribution in [2.24, 2.45) is 0 Å². The second kappa shape index (κ2) is 6.74. The number of rotatable bonds is 6. The van der Waals surface area contributed by atoms with Gasteiger partial charge in [0.05, 0.1) is 7.11 Å². The second-order valence-electron chi connectivity index (χ2n) is 4.67. The topological polar surface area (TPSA) is 96.5 Å². The van der Waals surface area contributed by atoms with Gasteiger partial charge in [-0.25, -0.2) is 4.79 Å². The lowest BCUT2D eigenvalue weighted by atomic mass is 10.1. The fourth-order valence-electron chi connectivity index (χ4n) is 1.99. The van der Waals surface area contributed by atoms with Gasteiger partial charge >= 0.3 is 6.03 Å². The lowest BCUT2D eigenvalue weighted by Gasteiger charge is -2.09. The van der Waals surface area contributed by atoms with Crippen LogP contribution in [0.15, 0.2) is 24.3 Å². The summed E-state index contributed by atoms with van der Waals surface area (Å²) in [4.78, 5) is 33.9. The van der Waals surface area contributed by atoms with Gasteiger partial charge in [-0.2, -0.15) is 0 Å². The second-order valence-corrected chi connectivity index (χ2v) is 4.67. The Morgan fingerprint density at radius 2 is 2.19 bits per heavy atom. The number of carbonyl (C=O) groups is 3. The zero-order valence-corrected chi connectivity index (χ0v) is 11.6. The first kappa shape index (κ1) is 14.8. The van der Waals surface area contributed by atoms with Crippen LogP contribution >= 0.6 is 0 Å². The molecule has 1 aliphatic heterocycles. The molecule has 7 heteroatoms. The first-order valence-electron chi connectivity index (χ1n) is 6.59. The Bertz CT molecular complexity index is 559. The molecule has 3 N–H and O–H groups in total. The van der Waals surface area contributed by atoms with Gasteiger partial charge in [-0.05, 0) is 24.1 Å². The van der Waals surface area contributed by atoms with Gasteiger partial charge < -0.3 is 15.4 Å². The van der Waals surface area contributed by atoms with Crippen LogP contribution in [0.5, 0.6) is 5.75 Å². The van der Waals surface area contributed by atoms with Crippen LogP contribution in [-0.4, -0.2) is 37.5 Å². The number of imide groups is 1. The number of benzene rings is 1. The molecule has 0 aromatic heterocycles. The Morgan fingerprint density at radius 1 is 1.38 bits per heavy atom. The number of amides is 4. The van der Waals surface area contributed by atoms with Gasteiger partial charge in [-0.1, -0.05) is 12.1 Å². The monoisotopic (exact) mass is 291 g/mol. The summed E-state index contributed by atoms with van der Waals surface area (Å²) >= 11 is 0. The molecule has 1 aromatic rings. The molecule has 1 saturated heterocycles. The minimum atomic E-state index is -0.696. The van der Waals surface area contributed by atoms with Crippen molar-refractivity contribution < 1.29 is 19.1 Å². The minimum absolute atomic E-state index is 0.0918. The van der Waals surface area contributed by atoms with Crippen molar-refractivity contribution >= 4 is 17.8 Å². The Kier molecular flexibility index (Phi) is 4.76. The van der Waals surface area contributed by atoms with Crippen molar-refractivity contribution in [3.8, 4) is 5.75 Å². The first-order chi connectivity index (χ1) is 10.1.